The SMILES string of the molecule is COc1cc(C2C3=CCC4C(=O)N(Cc5cccs5)C(=O)C4C3CC3(Cl)C(=O)N(CBr)C(=O)C23Cl)cc(I)c1O. The highest BCUT2D eigenvalue weighted by Crippen LogP contribution is 2.66. The Morgan fingerprint density at radius 1 is 1.15 bits per heavy atom. The van der Waals surface area contributed by atoms with E-state index in [0.29, 0.717) is 14.7 Å². The number of ether oxygens (including phenoxy) is 1. The molecule has 1 N–H and O–H groups in total. The highest BCUT2D eigenvalue weighted by atomic mass is 127. The fourth-order valence-corrected chi connectivity index (χ4v) is 9.57. The normalized spacial score (nSPS) is 33.2. The maximum absolute atomic E-state index is 13.9. The molecule has 3 heterocycles. The number of thiophene rings is 1. The van der Waals surface area contributed by atoms with Gasteiger partial charge in [0.1, 0.15) is 0 Å². The molecule has 3 fully saturated rings. The number of rotatable bonds is 5. The molecule has 2 aliphatic heterocycles. The first-order chi connectivity index (χ1) is 19.0. The summed E-state index contributed by atoms with van der Waals surface area (Å²) in [5.74, 6) is -4.64. The van der Waals surface area contributed by atoms with Crippen LogP contribution in [-0.4, -0.2) is 60.8 Å². The Kier molecular flexibility index (Phi) is 7.08. The predicted molar refractivity (Wildman–Crippen MR) is 161 cm³/mol. The average Bonchev–Trinajstić information content (AvgIpc) is 3.57. The molecule has 6 atom stereocenters. The van der Waals surface area contributed by atoms with Crippen LogP contribution in [0.1, 0.15) is 29.2 Å². The molecule has 0 radical (unpaired) electrons. The van der Waals surface area contributed by atoms with Gasteiger partial charge in [0.15, 0.2) is 21.2 Å². The third-order valence-electron chi connectivity index (χ3n) is 8.60. The number of allylic oxidation sites excluding steroid dienone is 2. The number of phenolic OH excluding ortho intramolecular Hbond substituents is 1. The van der Waals surface area contributed by atoms with Crippen LogP contribution in [0.2, 0.25) is 0 Å². The monoisotopic (exact) mass is 778 g/mol. The van der Waals surface area contributed by atoms with E-state index in [0.717, 1.165) is 9.78 Å². The minimum absolute atomic E-state index is 0.0747. The zero-order chi connectivity index (χ0) is 28.7. The number of halogens is 4. The molecule has 6 rings (SSSR count). The molecule has 6 unspecified atom stereocenters. The Hall–Kier alpha value is -1.67. The van der Waals surface area contributed by atoms with Crippen molar-refractivity contribution in [2.24, 2.45) is 17.8 Å². The van der Waals surface area contributed by atoms with Crippen molar-refractivity contribution in [3.05, 3.63) is 55.3 Å². The fourth-order valence-electron chi connectivity index (χ4n) is 6.82. The van der Waals surface area contributed by atoms with E-state index >= 15 is 0 Å². The van der Waals surface area contributed by atoms with Gasteiger partial charge in [0, 0.05) is 10.8 Å². The van der Waals surface area contributed by atoms with Crippen LogP contribution in [0.25, 0.3) is 0 Å². The van der Waals surface area contributed by atoms with Crippen molar-refractivity contribution in [3.8, 4) is 11.5 Å². The molecule has 1 aromatic carbocycles. The van der Waals surface area contributed by atoms with Gasteiger partial charge in [-0.1, -0.05) is 33.6 Å². The number of hydrogen-bond donors (Lipinski definition) is 1. The van der Waals surface area contributed by atoms with Crippen LogP contribution in [0.4, 0.5) is 0 Å². The van der Waals surface area contributed by atoms with E-state index in [9.17, 15) is 24.3 Å². The Morgan fingerprint density at radius 3 is 2.55 bits per heavy atom. The molecule has 210 valence electrons. The molecule has 1 saturated carbocycles. The molecule has 4 amide bonds. The summed E-state index contributed by atoms with van der Waals surface area (Å²) in [7, 11) is 1.41. The van der Waals surface area contributed by atoms with Gasteiger partial charge in [-0.05, 0) is 70.5 Å². The van der Waals surface area contributed by atoms with Crippen LogP contribution in [0.15, 0.2) is 41.3 Å². The third kappa shape index (κ3) is 3.73. The molecule has 2 saturated heterocycles. The van der Waals surface area contributed by atoms with Crippen LogP contribution in [0.3, 0.4) is 0 Å². The summed E-state index contributed by atoms with van der Waals surface area (Å²) in [6.07, 6.45) is 2.10. The Bertz CT molecular complexity index is 1500. The van der Waals surface area contributed by atoms with Crippen molar-refractivity contribution in [2.45, 2.75) is 35.1 Å². The molecular weight excluding hydrogens is 758 g/mol. The standard InChI is InChI=1S/C27H22BrCl2IN2O6S/c1-39-18-8-12(7-17(31)21(18)34)20-14-4-5-15-19(23(36)32(22(15)35)10-13-3-2-6-40-13)16(14)9-26(29)24(37)33(11-28)25(38)27(20,26)30/h2-4,6-8,15-16,19-20,34H,5,9-11H2,1H3. The maximum Gasteiger partial charge on any atom is 0.254 e. The van der Waals surface area contributed by atoms with Crippen LogP contribution < -0.4 is 4.74 Å². The Labute approximate surface area is 265 Å². The lowest BCUT2D eigenvalue weighted by molar-refractivity contribution is -0.141. The number of aromatic hydroxyl groups is 1. The van der Waals surface area contributed by atoms with E-state index in [1.807, 2.05) is 46.2 Å². The molecular formula is C27H22BrCl2IN2O6S. The van der Waals surface area contributed by atoms with Crippen molar-refractivity contribution in [1.82, 2.24) is 9.80 Å². The molecule has 8 nitrogen and oxygen atoms in total. The van der Waals surface area contributed by atoms with Crippen LogP contribution >= 0.6 is 73.1 Å². The van der Waals surface area contributed by atoms with Crippen LogP contribution in [0.5, 0.6) is 11.5 Å². The van der Waals surface area contributed by atoms with Crippen molar-refractivity contribution in [3.63, 3.8) is 0 Å². The zero-order valence-corrected chi connectivity index (χ0v) is 27.0. The molecule has 4 aliphatic rings. The van der Waals surface area contributed by atoms with E-state index in [2.05, 4.69) is 15.9 Å². The summed E-state index contributed by atoms with van der Waals surface area (Å²) in [5.41, 5.74) is 1.10. The summed E-state index contributed by atoms with van der Waals surface area (Å²) >= 11 is 21.1. The number of fused-ring (bicyclic) bond motifs is 4. The number of alkyl halides is 3. The van der Waals surface area contributed by atoms with Gasteiger partial charge in [0.05, 0.1) is 34.5 Å². The summed E-state index contributed by atoms with van der Waals surface area (Å²) in [6.45, 7) is 0.182. The number of nitrogens with zero attached hydrogens (tertiary/aromatic N) is 2. The Morgan fingerprint density at radius 2 is 1.90 bits per heavy atom. The first-order valence-corrected chi connectivity index (χ1v) is 16.3. The maximum atomic E-state index is 13.9. The summed E-state index contributed by atoms with van der Waals surface area (Å²) in [6, 6.07) is 7.00. The van der Waals surface area contributed by atoms with E-state index < -0.39 is 45.2 Å². The van der Waals surface area contributed by atoms with Crippen molar-refractivity contribution >= 4 is 96.7 Å². The van der Waals surface area contributed by atoms with Gasteiger partial charge in [-0.3, -0.25) is 29.0 Å². The summed E-state index contributed by atoms with van der Waals surface area (Å²) in [4.78, 5) is 54.4. The first-order valence-electron chi connectivity index (χ1n) is 12.4. The molecule has 0 spiro atoms. The minimum atomic E-state index is -1.91. The second-order valence-corrected chi connectivity index (χ2v) is 14.3. The Balaban J connectivity index is 1.52. The van der Waals surface area contributed by atoms with Crippen molar-refractivity contribution in [1.29, 1.82) is 0 Å². The average molecular weight is 780 g/mol. The number of carbonyl (C=O) groups excluding carboxylic acids is 4. The second-order valence-electron chi connectivity index (χ2n) is 10.4. The highest BCUT2D eigenvalue weighted by Gasteiger charge is 2.76. The lowest BCUT2D eigenvalue weighted by atomic mass is 9.56. The third-order valence-corrected chi connectivity index (χ3v) is 12.2. The molecule has 2 aliphatic carbocycles. The molecule has 13 heteroatoms. The fraction of sp³-hybridized carbons (Fsp3) is 0.407. The lowest BCUT2D eigenvalue weighted by Gasteiger charge is -2.50. The highest BCUT2D eigenvalue weighted by molar-refractivity contribution is 14.1. The van der Waals surface area contributed by atoms with Gasteiger partial charge in [-0.15, -0.1) is 34.5 Å². The molecule has 1 aromatic heterocycles. The van der Waals surface area contributed by atoms with Gasteiger partial charge in [-0.2, -0.15) is 0 Å². The van der Waals surface area contributed by atoms with Crippen molar-refractivity contribution in [2.75, 3.05) is 12.6 Å². The largest absolute Gasteiger partial charge is 0.504 e. The number of phenols is 1. The first kappa shape index (κ1) is 28.4. The smallest absolute Gasteiger partial charge is 0.254 e. The number of benzene rings is 1. The van der Waals surface area contributed by atoms with Gasteiger partial charge >= 0.3 is 0 Å². The number of methoxy groups -OCH3 is 1. The molecule has 2 aromatic rings. The van der Waals surface area contributed by atoms with E-state index in [1.54, 1.807) is 12.1 Å². The molecule has 0 bridgehead atoms. The number of likely N-dealkylation sites (tertiary alicyclic amines) is 2. The topological polar surface area (TPSA) is 104 Å². The number of hydrogen-bond acceptors (Lipinski definition) is 7. The van der Waals surface area contributed by atoms with Crippen LogP contribution in [-0.2, 0) is 25.7 Å². The minimum Gasteiger partial charge on any atom is -0.504 e. The quantitative estimate of drug-likeness (QED) is 0.151. The second kappa shape index (κ2) is 9.96. The summed E-state index contributed by atoms with van der Waals surface area (Å²) in [5, 5.41) is 12.4. The van der Waals surface area contributed by atoms with E-state index in [1.165, 1.54) is 23.3 Å². The van der Waals surface area contributed by atoms with Gasteiger partial charge in [0.25, 0.3) is 11.8 Å². The zero-order valence-electron chi connectivity index (χ0n) is 20.9. The number of amides is 4. The van der Waals surface area contributed by atoms with E-state index in [4.69, 9.17) is 27.9 Å². The number of imide groups is 2. The summed E-state index contributed by atoms with van der Waals surface area (Å²) < 4.78 is 5.84. The van der Waals surface area contributed by atoms with Crippen molar-refractivity contribution < 1.29 is 29.0 Å². The molecule has 40 heavy (non-hydrogen) atoms. The predicted octanol–water partition coefficient (Wildman–Crippen LogP) is 4.98. The van der Waals surface area contributed by atoms with Gasteiger partial charge in [0.2, 0.25) is 11.8 Å². The number of carbonyl (C=O) groups is 4. The van der Waals surface area contributed by atoms with Crippen LogP contribution in [0, 0.1) is 21.3 Å². The van der Waals surface area contributed by atoms with E-state index in [-0.39, 0.29) is 48.2 Å². The van der Waals surface area contributed by atoms with Gasteiger partial charge < -0.3 is 9.84 Å². The lowest BCUT2D eigenvalue weighted by Crippen LogP contribution is -2.60. The van der Waals surface area contributed by atoms with Gasteiger partial charge in [-0.25, -0.2) is 0 Å².